The summed E-state index contributed by atoms with van der Waals surface area (Å²) in [5.74, 6) is 0.825. The third-order valence-corrected chi connectivity index (χ3v) is 6.57. The highest BCUT2D eigenvalue weighted by atomic mass is 16.1. The van der Waals surface area contributed by atoms with Crippen molar-refractivity contribution in [1.82, 2.24) is 24.9 Å². The molecule has 2 aliphatic rings. The molecule has 1 N–H and O–H groups in total. The van der Waals surface area contributed by atoms with Gasteiger partial charge in [-0.15, -0.1) is 5.10 Å². The van der Waals surface area contributed by atoms with Crippen molar-refractivity contribution >= 4 is 5.82 Å². The van der Waals surface area contributed by atoms with Crippen molar-refractivity contribution in [3.8, 4) is 0 Å². The number of nitrogens with one attached hydrogen (secondary N) is 1. The predicted octanol–water partition coefficient (Wildman–Crippen LogP) is 3.18. The van der Waals surface area contributed by atoms with Gasteiger partial charge in [0.05, 0.1) is 17.9 Å². The van der Waals surface area contributed by atoms with Gasteiger partial charge in [-0.25, -0.2) is 4.68 Å². The highest BCUT2D eigenvalue weighted by molar-refractivity contribution is 5.34. The molecule has 0 amide bonds. The van der Waals surface area contributed by atoms with Gasteiger partial charge in [0.2, 0.25) is 0 Å². The first-order valence-corrected chi connectivity index (χ1v) is 11.8. The Morgan fingerprint density at radius 1 is 1.06 bits per heavy atom. The topological polar surface area (TPSA) is 75.9 Å². The van der Waals surface area contributed by atoms with Crippen molar-refractivity contribution in [3.05, 3.63) is 45.5 Å². The van der Waals surface area contributed by atoms with E-state index in [9.17, 15) is 4.79 Å². The van der Waals surface area contributed by atoms with Gasteiger partial charge in [0.1, 0.15) is 5.82 Å². The van der Waals surface area contributed by atoms with E-state index in [0.717, 1.165) is 61.7 Å². The summed E-state index contributed by atoms with van der Waals surface area (Å²) in [6, 6.07) is 6.34. The fraction of sp³-hybridized carbons (Fsp3) is 0.667. The largest absolute Gasteiger partial charge is 0.367 e. The zero-order chi connectivity index (χ0) is 21.8. The predicted molar refractivity (Wildman–Crippen MR) is 124 cm³/mol. The van der Waals surface area contributed by atoms with Gasteiger partial charge < -0.3 is 5.32 Å². The molecule has 0 saturated carbocycles. The molecule has 1 saturated heterocycles. The molecule has 0 radical (unpaired) electrons. The minimum atomic E-state index is 0.00844. The van der Waals surface area contributed by atoms with Crippen LogP contribution < -0.4 is 10.9 Å². The summed E-state index contributed by atoms with van der Waals surface area (Å²) in [5, 5.41) is 16.9. The standard InChI is InChI=1S/C24H36N6O/c1-24(2,3)21-11-12-22(27-26-21)25-17-19-9-6-7-13-29(19)14-15-30-23(31)16-18-8-4-5-10-20(18)28-30/h11-12,16,19H,4-10,13-15,17H2,1-3H3,(H,25,27). The van der Waals surface area contributed by atoms with Crippen molar-refractivity contribution in [2.24, 2.45) is 0 Å². The normalized spacial score (nSPS) is 19.8. The minimum absolute atomic E-state index is 0.00844. The van der Waals surface area contributed by atoms with Gasteiger partial charge in [0, 0.05) is 30.6 Å². The Balaban J connectivity index is 1.35. The number of likely N-dealkylation sites (tertiary alicyclic amines) is 1. The second-order valence-electron chi connectivity index (χ2n) is 10.0. The fourth-order valence-corrected chi connectivity index (χ4v) is 4.62. The summed E-state index contributed by atoms with van der Waals surface area (Å²) in [6.45, 7) is 9.86. The number of hydrogen-bond donors (Lipinski definition) is 1. The number of fused-ring (bicyclic) bond motifs is 1. The highest BCUT2D eigenvalue weighted by Crippen LogP contribution is 2.21. The molecule has 7 nitrogen and oxygen atoms in total. The molecular formula is C24H36N6O. The molecule has 0 aromatic carbocycles. The van der Waals surface area contributed by atoms with E-state index in [1.807, 2.05) is 12.1 Å². The summed E-state index contributed by atoms with van der Waals surface area (Å²) in [7, 11) is 0. The van der Waals surface area contributed by atoms with Crippen molar-refractivity contribution in [2.75, 3.05) is 25.0 Å². The third kappa shape index (κ3) is 5.50. The second kappa shape index (κ2) is 9.47. The van der Waals surface area contributed by atoms with Crippen LogP contribution in [0.2, 0.25) is 0 Å². The van der Waals surface area contributed by atoms with Crippen molar-refractivity contribution in [1.29, 1.82) is 0 Å². The molecule has 168 valence electrons. The molecular weight excluding hydrogens is 388 g/mol. The molecule has 1 aliphatic heterocycles. The molecule has 1 aliphatic carbocycles. The molecule has 4 rings (SSSR count). The van der Waals surface area contributed by atoms with Crippen LogP contribution in [0.25, 0.3) is 0 Å². The van der Waals surface area contributed by atoms with Crippen LogP contribution >= 0.6 is 0 Å². The minimum Gasteiger partial charge on any atom is -0.367 e. The number of piperidine rings is 1. The molecule has 7 heteroatoms. The Bertz CT molecular complexity index is 931. The molecule has 1 unspecified atom stereocenters. The van der Waals surface area contributed by atoms with Crippen LogP contribution in [0.3, 0.4) is 0 Å². The van der Waals surface area contributed by atoms with Crippen LogP contribution in [0, 0.1) is 0 Å². The second-order valence-corrected chi connectivity index (χ2v) is 10.0. The first kappa shape index (κ1) is 21.9. The summed E-state index contributed by atoms with van der Waals surface area (Å²) in [5.41, 5.74) is 3.34. The number of nitrogens with zero attached hydrogens (tertiary/aromatic N) is 5. The van der Waals surface area contributed by atoms with E-state index >= 15 is 0 Å². The van der Waals surface area contributed by atoms with Crippen molar-refractivity contribution < 1.29 is 0 Å². The lowest BCUT2D eigenvalue weighted by Gasteiger charge is -2.36. The zero-order valence-electron chi connectivity index (χ0n) is 19.2. The van der Waals surface area contributed by atoms with Gasteiger partial charge in [-0.3, -0.25) is 9.69 Å². The summed E-state index contributed by atoms with van der Waals surface area (Å²) >= 11 is 0. The highest BCUT2D eigenvalue weighted by Gasteiger charge is 2.23. The van der Waals surface area contributed by atoms with Crippen LogP contribution in [-0.4, -0.2) is 50.6 Å². The maximum Gasteiger partial charge on any atom is 0.267 e. The Morgan fingerprint density at radius 2 is 1.90 bits per heavy atom. The van der Waals surface area contributed by atoms with Crippen molar-refractivity contribution in [2.45, 2.75) is 83.7 Å². The molecule has 0 bridgehead atoms. The number of anilines is 1. The van der Waals surface area contributed by atoms with Gasteiger partial charge in [0.25, 0.3) is 5.56 Å². The SMILES string of the molecule is CC(C)(C)c1ccc(NCC2CCCCN2CCn2nc3c(cc2=O)CCCC3)nn1. The first-order valence-electron chi connectivity index (χ1n) is 11.8. The summed E-state index contributed by atoms with van der Waals surface area (Å²) in [4.78, 5) is 15.0. The lowest BCUT2D eigenvalue weighted by molar-refractivity contribution is 0.147. The monoisotopic (exact) mass is 424 g/mol. The van der Waals surface area contributed by atoms with Crippen LogP contribution in [0.1, 0.15) is 69.8 Å². The van der Waals surface area contributed by atoms with Crippen molar-refractivity contribution in [3.63, 3.8) is 0 Å². The van der Waals surface area contributed by atoms with Crippen LogP contribution in [0.15, 0.2) is 23.0 Å². The quantitative estimate of drug-likeness (QED) is 0.768. The van der Waals surface area contributed by atoms with E-state index in [4.69, 9.17) is 0 Å². The number of aromatic nitrogens is 4. The molecule has 2 aromatic heterocycles. The van der Waals surface area contributed by atoms with Gasteiger partial charge in [-0.05, 0) is 62.8 Å². The number of aryl methyl sites for hydroxylation is 2. The Kier molecular flexibility index (Phi) is 6.70. The Morgan fingerprint density at radius 3 is 2.68 bits per heavy atom. The lowest BCUT2D eigenvalue weighted by Crippen LogP contribution is -2.45. The van der Waals surface area contributed by atoms with E-state index in [0.29, 0.717) is 12.6 Å². The maximum absolute atomic E-state index is 12.5. The molecule has 0 spiro atoms. The Labute approximate surface area is 185 Å². The summed E-state index contributed by atoms with van der Waals surface area (Å²) < 4.78 is 1.68. The van der Waals surface area contributed by atoms with E-state index in [-0.39, 0.29) is 11.0 Å². The maximum atomic E-state index is 12.5. The van der Waals surface area contributed by atoms with E-state index in [1.54, 1.807) is 4.68 Å². The smallest absolute Gasteiger partial charge is 0.267 e. The van der Waals surface area contributed by atoms with Gasteiger partial charge in [0.15, 0.2) is 0 Å². The molecule has 1 atom stereocenters. The number of hydrogen-bond acceptors (Lipinski definition) is 6. The molecule has 31 heavy (non-hydrogen) atoms. The molecule has 2 aromatic rings. The summed E-state index contributed by atoms with van der Waals surface area (Å²) in [6.07, 6.45) is 7.96. The van der Waals surface area contributed by atoms with Crippen LogP contribution in [0.4, 0.5) is 5.82 Å². The van der Waals surface area contributed by atoms with Gasteiger partial charge in [-0.1, -0.05) is 27.2 Å². The van der Waals surface area contributed by atoms with Crippen LogP contribution in [0.5, 0.6) is 0 Å². The fourth-order valence-electron chi connectivity index (χ4n) is 4.62. The zero-order valence-corrected chi connectivity index (χ0v) is 19.2. The Hall–Kier alpha value is -2.28. The van der Waals surface area contributed by atoms with E-state index in [1.165, 1.54) is 25.7 Å². The van der Waals surface area contributed by atoms with Crippen LogP contribution in [-0.2, 0) is 24.8 Å². The number of rotatable bonds is 6. The lowest BCUT2D eigenvalue weighted by atomic mass is 9.92. The average molecular weight is 425 g/mol. The van der Waals surface area contributed by atoms with E-state index in [2.05, 4.69) is 52.4 Å². The third-order valence-electron chi connectivity index (χ3n) is 6.57. The average Bonchev–Trinajstić information content (AvgIpc) is 2.76. The van der Waals surface area contributed by atoms with Gasteiger partial charge in [-0.2, -0.15) is 10.2 Å². The van der Waals surface area contributed by atoms with Gasteiger partial charge >= 0.3 is 0 Å². The van der Waals surface area contributed by atoms with E-state index < -0.39 is 0 Å². The molecule has 1 fully saturated rings. The molecule has 3 heterocycles. The first-order chi connectivity index (χ1) is 14.9.